The summed E-state index contributed by atoms with van der Waals surface area (Å²) in [4.78, 5) is 27.6. The van der Waals surface area contributed by atoms with Crippen LogP contribution in [0.15, 0.2) is 18.2 Å². The maximum absolute atomic E-state index is 12.3. The highest BCUT2D eigenvalue weighted by Gasteiger charge is 2.28. The average molecular weight is 411 g/mol. The molecule has 30 heavy (non-hydrogen) atoms. The maximum Gasteiger partial charge on any atom is 0.410 e. The van der Waals surface area contributed by atoms with Crippen molar-refractivity contribution in [2.24, 2.45) is 0 Å². The molecule has 0 N–H and O–H groups in total. The van der Waals surface area contributed by atoms with Crippen LogP contribution in [-0.2, 0) is 11.3 Å². The van der Waals surface area contributed by atoms with Gasteiger partial charge in [0.2, 0.25) is 0 Å². The SMILES string of the molecule is Cc1c(C=O)ccc2c1cc(C#N)n2C[C@H](C)N1CCN(C(=O)OC(C)(C)C)CC1. The van der Waals surface area contributed by atoms with Crippen LogP contribution in [0.2, 0.25) is 0 Å². The molecule has 3 rings (SSSR count). The van der Waals surface area contributed by atoms with Gasteiger partial charge in [0, 0.05) is 55.2 Å². The maximum atomic E-state index is 12.3. The highest BCUT2D eigenvalue weighted by molar-refractivity contribution is 5.92. The predicted octanol–water partition coefficient (Wildman–Crippen LogP) is 3.58. The molecule has 2 heterocycles. The molecule has 0 aliphatic carbocycles. The number of nitrogens with zero attached hydrogens (tertiary/aromatic N) is 4. The zero-order valence-corrected chi connectivity index (χ0v) is 18.4. The molecular weight excluding hydrogens is 380 g/mol. The molecule has 160 valence electrons. The van der Waals surface area contributed by atoms with E-state index in [0.717, 1.165) is 35.8 Å². The largest absolute Gasteiger partial charge is 0.444 e. The quantitative estimate of drug-likeness (QED) is 0.720. The highest BCUT2D eigenvalue weighted by Crippen LogP contribution is 2.26. The van der Waals surface area contributed by atoms with E-state index in [-0.39, 0.29) is 12.1 Å². The third-order valence-corrected chi connectivity index (χ3v) is 5.67. The van der Waals surface area contributed by atoms with E-state index in [1.54, 1.807) is 4.90 Å². The summed E-state index contributed by atoms with van der Waals surface area (Å²) in [7, 11) is 0. The fourth-order valence-electron chi connectivity index (χ4n) is 3.96. The van der Waals surface area contributed by atoms with Gasteiger partial charge in [0.25, 0.3) is 0 Å². The van der Waals surface area contributed by atoms with Crippen molar-refractivity contribution in [2.75, 3.05) is 26.2 Å². The number of fused-ring (bicyclic) bond motifs is 1. The molecule has 0 radical (unpaired) electrons. The molecule has 1 fully saturated rings. The van der Waals surface area contributed by atoms with Gasteiger partial charge in [-0.15, -0.1) is 0 Å². The van der Waals surface area contributed by atoms with E-state index in [9.17, 15) is 14.9 Å². The summed E-state index contributed by atoms with van der Waals surface area (Å²) in [5.74, 6) is 0. The van der Waals surface area contributed by atoms with Gasteiger partial charge < -0.3 is 14.2 Å². The second-order valence-electron chi connectivity index (χ2n) is 8.93. The molecule has 2 aromatic rings. The number of rotatable bonds is 4. The van der Waals surface area contributed by atoms with E-state index in [1.165, 1.54) is 0 Å². The number of aromatic nitrogens is 1. The van der Waals surface area contributed by atoms with Crippen molar-refractivity contribution in [3.8, 4) is 6.07 Å². The number of benzene rings is 1. The first-order valence-electron chi connectivity index (χ1n) is 10.3. The molecule has 0 spiro atoms. The molecule has 0 saturated carbocycles. The lowest BCUT2D eigenvalue weighted by Crippen LogP contribution is -2.53. The molecular formula is C23H30N4O3. The Hall–Kier alpha value is -2.85. The summed E-state index contributed by atoms with van der Waals surface area (Å²) in [5.41, 5.74) is 2.61. The molecule has 7 nitrogen and oxygen atoms in total. The van der Waals surface area contributed by atoms with Crippen LogP contribution in [0.1, 0.15) is 49.3 Å². The minimum absolute atomic E-state index is 0.194. The van der Waals surface area contributed by atoms with E-state index in [2.05, 4.69) is 17.9 Å². The highest BCUT2D eigenvalue weighted by atomic mass is 16.6. The van der Waals surface area contributed by atoms with Gasteiger partial charge in [-0.2, -0.15) is 5.26 Å². The Morgan fingerprint density at radius 1 is 1.27 bits per heavy atom. The van der Waals surface area contributed by atoms with Crippen LogP contribution in [0.3, 0.4) is 0 Å². The first kappa shape index (κ1) is 21.8. The molecule has 1 saturated heterocycles. The predicted molar refractivity (Wildman–Crippen MR) is 116 cm³/mol. The smallest absolute Gasteiger partial charge is 0.410 e. The number of hydrogen-bond acceptors (Lipinski definition) is 5. The number of piperazine rings is 1. The molecule has 1 aromatic heterocycles. The molecule has 1 aromatic carbocycles. The molecule has 1 atom stereocenters. The monoisotopic (exact) mass is 410 g/mol. The van der Waals surface area contributed by atoms with Crippen molar-refractivity contribution in [1.82, 2.24) is 14.4 Å². The second kappa shape index (κ2) is 8.49. The van der Waals surface area contributed by atoms with E-state index in [0.29, 0.717) is 30.9 Å². The fourth-order valence-corrected chi connectivity index (χ4v) is 3.96. The lowest BCUT2D eigenvalue weighted by Gasteiger charge is -2.38. The van der Waals surface area contributed by atoms with Crippen LogP contribution < -0.4 is 0 Å². The summed E-state index contributed by atoms with van der Waals surface area (Å²) in [6.07, 6.45) is 0.588. The van der Waals surface area contributed by atoms with Crippen LogP contribution >= 0.6 is 0 Å². The topological polar surface area (TPSA) is 78.6 Å². The van der Waals surface area contributed by atoms with Crippen molar-refractivity contribution >= 4 is 23.3 Å². The van der Waals surface area contributed by atoms with Gasteiger partial charge in [-0.05, 0) is 58.4 Å². The summed E-state index contributed by atoms with van der Waals surface area (Å²) in [6, 6.07) is 8.08. The Kier molecular flexibility index (Phi) is 6.18. The summed E-state index contributed by atoms with van der Waals surface area (Å²) >= 11 is 0. The average Bonchev–Trinajstić information content (AvgIpc) is 3.05. The number of ether oxygens (including phenoxy) is 1. The van der Waals surface area contributed by atoms with E-state index in [1.807, 2.05) is 50.5 Å². The number of carbonyl (C=O) groups is 2. The van der Waals surface area contributed by atoms with E-state index < -0.39 is 5.60 Å². The number of aryl methyl sites for hydroxylation is 1. The molecule has 0 bridgehead atoms. The van der Waals surface area contributed by atoms with Crippen molar-refractivity contribution in [2.45, 2.75) is 52.8 Å². The van der Waals surface area contributed by atoms with Crippen molar-refractivity contribution < 1.29 is 14.3 Å². The van der Waals surface area contributed by atoms with E-state index >= 15 is 0 Å². The van der Waals surface area contributed by atoms with Crippen molar-refractivity contribution in [1.29, 1.82) is 5.26 Å². The van der Waals surface area contributed by atoms with Gasteiger partial charge in [-0.1, -0.05) is 0 Å². The zero-order valence-electron chi connectivity index (χ0n) is 18.4. The van der Waals surface area contributed by atoms with Crippen LogP contribution in [0.5, 0.6) is 0 Å². The summed E-state index contributed by atoms with van der Waals surface area (Å²) < 4.78 is 7.50. The Morgan fingerprint density at radius 2 is 1.93 bits per heavy atom. The normalized spacial score (nSPS) is 16.3. The standard InChI is InChI=1S/C23H30N4O3/c1-16(25-8-10-26(11-9-25)22(29)30-23(3,4)5)14-27-19(13-24)12-20-17(2)18(15-28)6-7-21(20)27/h6-7,12,15-16H,8-11,14H2,1-5H3/t16-/m0/s1. The molecule has 1 aliphatic heterocycles. The second-order valence-corrected chi connectivity index (χ2v) is 8.93. The number of aldehydes is 1. The molecule has 0 unspecified atom stereocenters. The van der Waals surface area contributed by atoms with Crippen LogP contribution in [0.4, 0.5) is 4.79 Å². The van der Waals surface area contributed by atoms with Crippen LogP contribution in [-0.4, -0.2) is 64.6 Å². The van der Waals surface area contributed by atoms with Gasteiger partial charge in [0.15, 0.2) is 0 Å². The lowest BCUT2D eigenvalue weighted by molar-refractivity contribution is 0.0104. The first-order chi connectivity index (χ1) is 14.1. The van der Waals surface area contributed by atoms with Gasteiger partial charge in [-0.3, -0.25) is 9.69 Å². The molecule has 1 aliphatic rings. The van der Waals surface area contributed by atoms with E-state index in [4.69, 9.17) is 4.74 Å². The Morgan fingerprint density at radius 3 is 2.50 bits per heavy atom. The first-order valence-corrected chi connectivity index (χ1v) is 10.3. The number of nitriles is 1. The van der Waals surface area contributed by atoms with Gasteiger partial charge >= 0.3 is 6.09 Å². The zero-order chi connectivity index (χ0) is 22.1. The lowest BCUT2D eigenvalue weighted by atomic mass is 10.1. The Bertz CT molecular complexity index is 989. The van der Waals surface area contributed by atoms with Gasteiger partial charge in [-0.25, -0.2) is 4.79 Å². The summed E-state index contributed by atoms with van der Waals surface area (Å²) in [5, 5.41) is 10.6. The van der Waals surface area contributed by atoms with Crippen LogP contribution in [0, 0.1) is 18.3 Å². The van der Waals surface area contributed by atoms with Gasteiger partial charge in [0.05, 0.1) is 0 Å². The third-order valence-electron chi connectivity index (χ3n) is 5.67. The molecule has 7 heteroatoms. The minimum atomic E-state index is -0.494. The molecule has 1 amide bonds. The number of carbonyl (C=O) groups excluding carboxylic acids is 2. The van der Waals surface area contributed by atoms with Crippen molar-refractivity contribution in [3.63, 3.8) is 0 Å². The third kappa shape index (κ3) is 4.49. The van der Waals surface area contributed by atoms with Gasteiger partial charge in [0.1, 0.15) is 23.7 Å². The fraction of sp³-hybridized carbons (Fsp3) is 0.522. The minimum Gasteiger partial charge on any atom is -0.444 e. The summed E-state index contributed by atoms with van der Waals surface area (Å²) in [6.45, 7) is 13.1. The number of hydrogen-bond donors (Lipinski definition) is 0. The Labute approximate surface area is 177 Å². The number of amides is 1. The van der Waals surface area contributed by atoms with Crippen LogP contribution in [0.25, 0.3) is 10.9 Å². The van der Waals surface area contributed by atoms with Crippen molar-refractivity contribution in [3.05, 3.63) is 35.0 Å². The Balaban J connectivity index is 1.71.